The number of rotatable bonds is 4. The summed E-state index contributed by atoms with van der Waals surface area (Å²) in [5.74, 6) is -0.428. The number of hydrogen-bond donors (Lipinski definition) is 1. The Balaban J connectivity index is 2.74. The molecule has 0 spiro atoms. The molecule has 0 aliphatic carbocycles. The van der Waals surface area contributed by atoms with E-state index in [1.165, 1.54) is 0 Å². The van der Waals surface area contributed by atoms with Gasteiger partial charge in [-0.25, -0.2) is 4.79 Å². The first kappa shape index (κ1) is 10.5. The Kier molecular flexibility index (Phi) is 3.88. The number of aliphatic hydroxyl groups is 1. The second-order valence-electron chi connectivity index (χ2n) is 2.69. The maximum atomic E-state index is 11.3. The van der Waals surface area contributed by atoms with Crippen LogP contribution in [0.1, 0.15) is 15.9 Å². The third kappa shape index (κ3) is 2.71. The van der Waals surface area contributed by atoms with E-state index in [2.05, 4.69) is 6.58 Å². The lowest BCUT2D eigenvalue weighted by Gasteiger charge is -2.02. The summed E-state index contributed by atoms with van der Waals surface area (Å²) in [6, 6.07) is 6.95. The maximum Gasteiger partial charge on any atom is 0.338 e. The number of carbonyl (C=O) groups excluding carboxylic acids is 1. The van der Waals surface area contributed by atoms with E-state index in [0.29, 0.717) is 5.56 Å². The molecule has 74 valence electrons. The molecule has 0 unspecified atom stereocenters. The largest absolute Gasteiger partial charge is 0.460 e. The van der Waals surface area contributed by atoms with Gasteiger partial charge in [0.15, 0.2) is 0 Å². The van der Waals surface area contributed by atoms with Crippen LogP contribution in [0.2, 0.25) is 0 Å². The molecule has 0 saturated heterocycles. The monoisotopic (exact) mass is 192 g/mol. The van der Waals surface area contributed by atoms with Gasteiger partial charge in [-0.3, -0.25) is 0 Å². The lowest BCUT2D eigenvalue weighted by Crippen LogP contribution is -2.08. The number of hydrogen-bond acceptors (Lipinski definition) is 3. The van der Waals surface area contributed by atoms with Gasteiger partial charge in [0.25, 0.3) is 0 Å². The number of benzene rings is 1. The van der Waals surface area contributed by atoms with Crippen LogP contribution in [0.25, 0.3) is 6.08 Å². The van der Waals surface area contributed by atoms with Crippen molar-refractivity contribution in [1.82, 2.24) is 0 Å². The van der Waals surface area contributed by atoms with E-state index in [1.54, 1.807) is 24.3 Å². The average Bonchev–Trinajstić information content (AvgIpc) is 2.26. The van der Waals surface area contributed by atoms with E-state index in [4.69, 9.17) is 9.84 Å². The van der Waals surface area contributed by atoms with E-state index in [0.717, 1.165) is 5.56 Å². The van der Waals surface area contributed by atoms with Gasteiger partial charge in [0, 0.05) is 0 Å². The van der Waals surface area contributed by atoms with Crippen LogP contribution in [0, 0.1) is 0 Å². The van der Waals surface area contributed by atoms with Crippen LogP contribution >= 0.6 is 0 Å². The van der Waals surface area contributed by atoms with E-state index in [1.807, 2.05) is 6.07 Å². The van der Waals surface area contributed by atoms with Gasteiger partial charge < -0.3 is 9.84 Å². The number of esters is 1. The molecule has 1 aromatic rings. The van der Waals surface area contributed by atoms with E-state index in [9.17, 15) is 4.79 Å². The zero-order valence-electron chi connectivity index (χ0n) is 7.77. The lowest BCUT2D eigenvalue weighted by molar-refractivity contribution is 0.0433. The zero-order valence-corrected chi connectivity index (χ0v) is 7.77. The molecule has 14 heavy (non-hydrogen) atoms. The molecule has 0 heterocycles. The zero-order chi connectivity index (χ0) is 10.4. The normalized spacial score (nSPS) is 9.50. The third-order valence-corrected chi connectivity index (χ3v) is 1.68. The van der Waals surface area contributed by atoms with Crippen LogP contribution in [0.15, 0.2) is 30.8 Å². The fraction of sp³-hybridized carbons (Fsp3) is 0.182. The Morgan fingerprint density at radius 1 is 1.57 bits per heavy atom. The van der Waals surface area contributed by atoms with Crippen LogP contribution < -0.4 is 0 Å². The SMILES string of the molecule is C=Cc1cccc(C(=O)OCCO)c1. The summed E-state index contributed by atoms with van der Waals surface area (Å²) < 4.78 is 4.75. The van der Waals surface area contributed by atoms with Gasteiger partial charge in [-0.15, -0.1) is 0 Å². The Morgan fingerprint density at radius 3 is 3.00 bits per heavy atom. The molecule has 0 saturated carbocycles. The molecule has 1 aromatic carbocycles. The number of aliphatic hydroxyl groups excluding tert-OH is 1. The summed E-state index contributed by atoms with van der Waals surface area (Å²) in [5.41, 5.74) is 1.33. The van der Waals surface area contributed by atoms with Crippen LogP contribution in [0.5, 0.6) is 0 Å². The van der Waals surface area contributed by atoms with Gasteiger partial charge in [0.1, 0.15) is 6.61 Å². The molecule has 0 radical (unpaired) electrons. The molecule has 0 bridgehead atoms. The smallest absolute Gasteiger partial charge is 0.338 e. The van der Waals surface area contributed by atoms with Gasteiger partial charge in [-0.2, -0.15) is 0 Å². The van der Waals surface area contributed by atoms with Crippen molar-refractivity contribution in [1.29, 1.82) is 0 Å². The molecule has 1 rings (SSSR count). The summed E-state index contributed by atoms with van der Waals surface area (Å²) in [6.07, 6.45) is 1.66. The van der Waals surface area contributed by atoms with Crippen molar-refractivity contribution in [3.8, 4) is 0 Å². The summed E-state index contributed by atoms with van der Waals surface area (Å²) in [7, 11) is 0. The standard InChI is InChI=1S/C11H12O3/c1-2-9-4-3-5-10(8-9)11(13)14-7-6-12/h2-5,8,12H,1,6-7H2. The van der Waals surface area contributed by atoms with Gasteiger partial charge >= 0.3 is 5.97 Å². The van der Waals surface area contributed by atoms with E-state index in [-0.39, 0.29) is 13.2 Å². The highest BCUT2D eigenvalue weighted by Gasteiger charge is 2.05. The minimum atomic E-state index is -0.428. The topological polar surface area (TPSA) is 46.5 Å². The van der Waals surface area contributed by atoms with Crippen molar-refractivity contribution in [3.63, 3.8) is 0 Å². The average molecular weight is 192 g/mol. The first-order valence-corrected chi connectivity index (χ1v) is 4.28. The molecule has 3 nitrogen and oxygen atoms in total. The molecule has 0 amide bonds. The van der Waals surface area contributed by atoms with E-state index < -0.39 is 5.97 Å². The molecular weight excluding hydrogens is 180 g/mol. The van der Waals surface area contributed by atoms with Crippen molar-refractivity contribution in [2.24, 2.45) is 0 Å². The van der Waals surface area contributed by atoms with Crippen molar-refractivity contribution in [2.75, 3.05) is 13.2 Å². The minimum Gasteiger partial charge on any atom is -0.460 e. The highest BCUT2D eigenvalue weighted by molar-refractivity contribution is 5.90. The molecule has 0 aliphatic heterocycles. The minimum absolute atomic E-state index is 0.0250. The van der Waals surface area contributed by atoms with Gasteiger partial charge in [0.05, 0.1) is 12.2 Å². The second kappa shape index (κ2) is 5.19. The summed E-state index contributed by atoms with van der Waals surface area (Å²) in [6.45, 7) is 3.47. The van der Waals surface area contributed by atoms with E-state index >= 15 is 0 Å². The van der Waals surface area contributed by atoms with Crippen molar-refractivity contribution >= 4 is 12.0 Å². The predicted octanol–water partition coefficient (Wildman–Crippen LogP) is 1.48. The Hall–Kier alpha value is -1.61. The third-order valence-electron chi connectivity index (χ3n) is 1.68. The van der Waals surface area contributed by atoms with Crippen molar-refractivity contribution in [3.05, 3.63) is 42.0 Å². The summed E-state index contributed by atoms with van der Waals surface area (Å²) >= 11 is 0. The molecule has 0 atom stereocenters. The quantitative estimate of drug-likeness (QED) is 0.735. The highest BCUT2D eigenvalue weighted by Crippen LogP contribution is 2.07. The Bertz CT molecular complexity index is 331. The van der Waals surface area contributed by atoms with Gasteiger partial charge in [-0.05, 0) is 17.7 Å². The highest BCUT2D eigenvalue weighted by atomic mass is 16.5. The predicted molar refractivity (Wildman–Crippen MR) is 53.9 cm³/mol. The first-order valence-electron chi connectivity index (χ1n) is 4.28. The molecule has 0 aromatic heterocycles. The Morgan fingerprint density at radius 2 is 2.36 bits per heavy atom. The molecule has 0 aliphatic rings. The van der Waals surface area contributed by atoms with Crippen LogP contribution in [-0.4, -0.2) is 24.3 Å². The molecule has 1 N–H and O–H groups in total. The lowest BCUT2D eigenvalue weighted by atomic mass is 10.1. The van der Waals surface area contributed by atoms with Gasteiger partial charge in [0.2, 0.25) is 0 Å². The van der Waals surface area contributed by atoms with Crippen molar-refractivity contribution < 1.29 is 14.6 Å². The molecular formula is C11H12O3. The second-order valence-corrected chi connectivity index (χ2v) is 2.69. The fourth-order valence-electron chi connectivity index (χ4n) is 1.01. The number of ether oxygens (including phenoxy) is 1. The van der Waals surface area contributed by atoms with Crippen LogP contribution in [0.4, 0.5) is 0 Å². The van der Waals surface area contributed by atoms with Crippen LogP contribution in [0.3, 0.4) is 0 Å². The fourth-order valence-corrected chi connectivity index (χ4v) is 1.01. The van der Waals surface area contributed by atoms with Crippen LogP contribution in [-0.2, 0) is 4.74 Å². The summed E-state index contributed by atoms with van der Waals surface area (Å²) in [5, 5.41) is 8.47. The summed E-state index contributed by atoms with van der Waals surface area (Å²) in [4.78, 5) is 11.3. The molecule has 3 heteroatoms. The first-order chi connectivity index (χ1) is 6.77. The Labute approximate surface area is 82.6 Å². The molecule has 0 fully saturated rings. The van der Waals surface area contributed by atoms with Gasteiger partial charge in [-0.1, -0.05) is 24.8 Å². The maximum absolute atomic E-state index is 11.3. The number of carbonyl (C=O) groups is 1. The van der Waals surface area contributed by atoms with Crippen molar-refractivity contribution in [2.45, 2.75) is 0 Å².